The van der Waals surface area contributed by atoms with Gasteiger partial charge in [0, 0.05) is 16.3 Å². The van der Waals surface area contributed by atoms with Gasteiger partial charge in [-0.05, 0) is 23.1 Å². The molecule has 0 atom stereocenters. The maximum Gasteiger partial charge on any atom is 0.0523 e. The first kappa shape index (κ1) is 10.6. The first-order valence-electron chi connectivity index (χ1n) is 5.19. The molecule has 1 nitrogen and oxygen atoms in total. The largest absolute Gasteiger partial charge is 0.358 e. The molecular weight excluding hydrogens is 202 g/mol. The molecule has 2 rings (SSSR count). The normalized spacial score (nSPS) is 15.8. The molecule has 0 bridgehead atoms. The fourth-order valence-corrected chi connectivity index (χ4v) is 2.44. The Balaban J connectivity index is 2.41. The highest BCUT2D eigenvalue weighted by molar-refractivity contribution is 7.99. The van der Waals surface area contributed by atoms with Crippen LogP contribution >= 0.6 is 11.8 Å². The summed E-state index contributed by atoms with van der Waals surface area (Å²) in [5, 5.41) is 3.36. The van der Waals surface area contributed by atoms with Crippen molar-refractivity contribution in [3.63, 3.8) is 0 Å². The lowest BCUT2D eigenvalue weighted by Crippen LogP contribution is -2.13. The summed E-state index contributed by atoms with van der Waals surface area (Å²) in [5.74, 6) is 0.974. The smallest absolute Gasteiger partial charge is 0.0523 e. The van der Waals surface area contributed by atoms with E-state index in [1.165, 1.54) is 16.1 Å². The lowest BCUT2D eigenvalue weighted by molar-refractivity contribution is 0.590. The van der Waals surface area contributed by atoms with E-state index in [0.717, 1.165) is 11.4 Å². The Kier molecular flexibility index (Phi) is 2.55. The average molecular weight is 219 g/mol. The predicted octanol–water partition coefficient (Wildman–Crippen LogP) is 4.02. The van der Waals surface area contributed by atoms with Gasteiger partial charge in [0.1, 0.15) is 0 Å². The van der Waals surface area contributed by atoms with Crippen molar-refractivity contribution in [3.05, 3.63) is 36.0 Å². The summed E-state index contributed by atoms with van der Waals surface area (Å²) in [6.45, 7) is 10.7. The number of thioether (sulfide) groups is 1. The van der Waals surface area contributed by atoms with Gasteiger partial charge >= 0.3 is 0 Å². The molecule has 0 aliphatic carbocycles. The van der Waals surface area contributed by atoms with Gasteiger partial charge in [-0.15, -0.1) is 11.8 Å². The van der Waals surface area contributed by atoms with Crippen molar-refractivity contribution in [2.24, 2.45) is 0 Å². The van der Waals surface area contributed by atoms with Gasteiger partial charge in [-0.2, -0.15) is 0 Å². The maximum absolute atomic E-state index is 3.97. The van der Waals surface area contributed by atoms with Gasteiger partial charge in [-0.1, -0.05) is 33.4 Å². The van der Waals surface area contributed by atoms with E-state index in [9.17, 15) is 0 Å². The van der Waals surface area contributed by atoms with Gasteiger partial charge < -0.3 is 5.32 Å². The third-order valence-electron chi connectivity index (χ3n) is 2.56. The van der Waals surface area contributed by atoms with E-state index in [1.807, 2.05) is 11.8 Å². The Morgan fingerprint density at radius 1 is 1.33 bits per heavy atom. The molecule has 1 aliphatic rings. The van der Waals surface area contributed by atoms with Crippen molar-refractivity contribution in [2.75, 3.05) is 11.1 Å². The Morgan fingerprint density at radius 3 is 2.73 bits per heavy atom. The highest BCUT2D eigenvalue weighted by atomic mass is 32.2. The first-order chi connectivity index (χ1) is 6.97. The number of fused-ring (bicyclic) bond motifs is 1. The first-order valence-corrected chi connectivity index (χ1v) is 6.17. The number of hydrogen-bond acceptors (Lipinski definition) is 2. The van der Waals surface area contributed by atoms with Crippen molar-refractivity contribution >= 4 is 17.4 Å². The van der Waals surface area contributed by atoms with Crippen LogP contribution in [0.4, 0.5) is 5.69 Å². The molecule has 0 radical (unpaired) electrons. The van der Waals surface area contributed by atoms with E-state index in [1.54, 1.807) is 0 Å². The van der Waals surface area contributed by atoms with Crippen LogP contribution < -0.4 is 5.32 Å². The third-order valence-corrected chi connectivity index (χ3v) is 3.72. The summed E-state index contributed by atoms with van der Waals surface area (Å²) in [6.07, 6.45) is 0. The highest BCUT2D eigenvalue weighted by Gasteiger charge is 2.17. The molecule has 0 fully saturated rings. The monoisotopic (exact) mass is 219 g/mol. The van der Waals surface area contributed by atoms with Gasteiger partial charge in [0.15, 0.2) is 0 Å². The molecule has 0 spiro atoms. The Hall–Kier alpha value is -0.890. The zero-order valence-corrected chi connectivity index (χ0v) is 10.4. The van der Waals surface area contributed by atoms with Gasteiger partial charge in [0.2, 0.25) is 0 Å². The van der Waals surface area contributed by atoms with Gasteiger partial charge in [0.05, 0.1) is 5.69 Å². The minimum atomic E-state index is 0.208. The number of nitrogens with one attached hydrogen (secondary N) is 1. The molecular formula is C13H17NS. The zero-order valence-electron chi connectivity index (χ0n) is 9.55. The van der Waals surface area contributed by atoms with Crippen LogP contribution in [0.1, 0.15) is 26.3 Å². The molecule has 0 saturated carbocycles. The third kappa shape index (κ3) is 2.20. The molecule has 0 amide bonds. The second kappa shape index (κ2) is 3.60. The second-order valence-corrected chi connectivity index (χ2v) is 6.00. The zero-order chi connectivity index (χ0) is 11.1. The lowest BCUT2D eigenvalue weighted by Gasteiger charge is -2.24. The summed E-state index contributed by atoms with van der Waals surface area (Å²) < 4.78 is 0. The van der Waals surface area contributed by atoms with Crippen LogP contribution in [-0.2, 0) is 5.41 Å². The standard InChI is InChI=1S/C13H17NS/c1-9-8-15-12-6-5-10(13(2,3)4)7-11(12)14-9/h5-7,14H,1,8H2,2-4H3. The minimum absolute atomic E-state index is 0.208. The highest BCUT2D eigenvalue weighted by Crippen LogP contribution is 2.36. The minimum Gasteiger partial charge on any atom is -0.358 e. The fraction of sp³-hybridized carbons (Fsp3) is 0.385. The topological polar surface area (TPSA) is 12.0 Å². The van der Waals surface area contributed by atoms with Crippen molar-refractivity contribution in [1.29, 1.82) is 0 Å². The van der Waals surface area contributed by atoms with Crippen molar-refractivity contribution < 1.29 is 0 Å². The summed E-state index contributed by atoms with van der Waals surface area (Å²) in [7, 11) is 0. The van der Waals surface area contributed by atoms with Crippen LogP contribution in [0, 0.1) is 0 Å². The summed E-state index contributed by atoms with van der Waals surface area (Å²) in [5.41, 5.74) is 3.88. The number of rotatable bonds is 0. The Morgan fingerprint density at radius 2 is 2.07 bits per heavy atom. The Labute approximate surface area is 96.0 Å². The van der Waals surface area contributed by atoms with Crippen LogP contribution in [0.15, 0.2) is 35.4 Å². The SMILES string of the molecule is C=C1CSc2ccc(C(C)(C)C)cc2N1. The average Bonchev–Trinajstić information content (AvgIpc) is 2.15. The van der Waals surface area contributed by atoms with Gasteiger partial charge in [-0.3, -0.25) is 0 Å². The quantitative estimate of drug-likeness (QED) is 0.707. The molecule has 1 heterocycles. The predicted molar refractivity (Wildman–Crippen MR) is 68.6 cm³/mol. The van der Waals surface area contributed by atoms with Crippen LogP contribution in [-0.4, -0.2) is 5.75 Å². The van der Waals surface area contributed by atoms with Crippen molar-refractivity contribution in [1.82, 2.24) is 0 Å². The van der Waals surface area contributed by atoms with Crippen LogP contribution in [0.2, 0.25) is 0 Å². The lowest BCUT2D eigenvalue weighted by atomic mass is 9.87. The summed E-state index contributed by atoms with van der Waals surface area (Å²) in [4.78, 5) is 1.33. The molecule has 1 N–H and O–H groups in total. The van der Waals surface area contributed by atoms with Crippen LogP contribution in [0.5, 0.6) is 0 Å². The number of anilines is 1. The van der Waals surface area contributed by atoms with Gasteiger partial charge in [0.25, 0.3) is 0 Å². The van der Waals surface area contributed by atoms with E-state index in [-0.39, 0.29) is 5.41 Å². The number of hydrogen-bond donors (Lipinski definition) is 1. The maximum atomic E-state index is 3.97. The molecule has 2 heteroatoms. The Bertz CT molecular complexity index is 401. The van der Waals surface area contributed by atoms with E-state index in [0.29, 0.717) is 0 Å². The fourth-order valence-electron chi connectivity index (χ4n) is 1.61. The van der Waals surface area contributed by atoms with Crippen molar-refractivity contribution in [3.8, 4) is 0 Å². The molecule has 0 unspecified atom stereocenters. The van der Waals surface area contributed by atoms with E-state index in [2.05, 4.69) is 50.9 Å². The second-order valence-electron chi connectivity index (χ2n) is 4.98. The molecule has 0 aromatic heterocycles. The molecule has 15 heavy (non-hydrogen) atoms. The summed E-state index contributed by atoms with van der Waals surface area (Å²) in [6, 6.07) is 6.67. The molecule has 1 aromatic rings. The van der Waals surface area contributed by atoms with E-state index in [4.69, 9.17) is 0 Å². The van der Waals surface area contributed by atoms with E-state index < -0.39 is 0 Å². The summed E-state index contributed by atoms with van der Waals surface area (Å²) >= 11 is 1.85. The van der Waals surface area contributed by atoms with Crippen LogP contribution in [0.25, 0.3) is 0 Å². The van der Waals surface area contributed by atoms with E-state index >= 15 is 0 Å². The molecule has 0 saturated heterocycles. The molecule has 1 aliphatic heterocycles. The number of benzene rings is 1. The molecule has 80 valence electrons. The molecule has 1 aromatic carbocycles. The van der Waals surface area contributed by atoms with Crippen molar-refractivity contribution in [2.45, 2.75) is 31.1 Å². The van der Waals surface area contributed by atoms with Crippen LogP contribution in [0.3, 0.4) is 0 Å². The van der Waals surface area contributed by atoms with Gasteiger partial charge in [-0.25, -0.2) is 0 Å².